The van der Waals surface area contributed by atoms with Crippen LogP contribution in [0.4, 0.5) is 5.82 Å². The van der Waals surface area contributed by atoms with Crippen molar-refractivity contribution in [3.63, 3.8) is 0 Å². The Bertz CT molecular complexity index is 401. The van der Waals surface area contributed by atoms with Gasteiger partial charge in [-0.15, -0.1) is 5.10 Å². The smallest absolute Gasteiger partial charge is 0.151 e. The lowest BCUT2D eigenvalue weighted by Gasteiger charge is -2.35. The standard InChI is InChI=1S/C16H28N4/c1-12(2)9-17-10-15-5-6-16(19-18-15)20-8-7-13(3)14(4)11-20/h5-6,12-14,17H,7-11H2,1-4H3. The zero-order valence-corrected chi connectivity index (χ0v) is 13.3. The first-order valence-corrected chi connectivity index (χ1v) is 7.84. The van der Waals surface area contributed by atoms with Gasteiger partial charge in [-0.2, -0.15) is 5.10 Å². The van der Waals surface area contributed by atoms with Gasteiger partial charge >= 0.3 is 0 Å². The van der Waals surface area contributed by atoms with Crippen LogP contribution >= 0.6 is 0 Å². The lowest BCUT2D eigenvalue weighted by molar-refractivity contribution is 0.322. The van der Waals surface area contributed by atoms with Crippen molar-refractivity contribution in [2.75, 3.05) is 24.5 Å². The van der Waals surface area contributed by atoms with Crippen molar-refractivity contribution in [1.29, 1.82) is 0 Å². The van der Waals surface area contributed by atoms with E-state index >= 15 is 0 Å². The molecule has 2 atom stereocenters. The summed E-state index contributed by atoms with van der Waals surface area (Å²) in [6.45, 7) is 13.1. The molecule has 2 rings (SSSR count). The zero-order chi connectivity index (χ0) is 14.5. The largest absolute Gasteiger partial charge is 0.355 e. The average molecular weight is 276 g/mol. The van der Waals surface area contributed by atoms with Gasteiger partial charge in [0.05, 0.1) is 5.69 Å². The van der Waals surface area contributed by atoms with Crippen LogP contribution < -0.4 is 10.2 Å². The second-order valence-electron chi connectivity index (χ2n) is 6.60. The SMILES string of the molecule is CC(C)CNCc1ccc(N2CCC(C)C(C)C2)nn1. The summed E-state index contributed by atoms with van der Waals surface area (Å²) < 4.78 is 0. The predicted octanol–water partition coefficient (Wildman–Crippen LogP) is 2.70. The molecule has 1 aromatic rings. The lowest BCUT2D eigenvalue weighted by atomic mass is 9.89. The Hall–Kier alpha value is -1.16. The minimum Gasteiger partial charge on any atom is -0.355 e. The molecule has 0 aromatic carbocycles. The summed E-state index contributed by atoms with van der Waals surface area (Å²) in [7, 11) is 0. The summed E-state index contributed by atoms with van der Waals surface area (Å²) in [5, 5.41) is 12.1. The van der Waals surface area contributed by atoms with Gasteiger partial charge in [-0.25, -0.2) is 0 Å². The average Bonchev–Trinajstić information content (AvgIpc) is 2.42. The Kier molecular flexibility index (Phi) is 5.35. The van der Waals surface area contributed by atoms with Crippen LogP contribution in [0.2, 0.25) is 0 Å². The molecule has 0 aliphatic carbocycles. The quantitative estimate of drug-likeness (QED) is 0.898. The number of nitrogens with zero attached hydrogens (tertiary/aromatic N) is 3. The van der Waals surface area contributed by atoms with Crippen molar-refractivity contribution in [2.24, 2.45) is 17.8 Å². The van der Waals surface area contributed by atoms with E-state index in [1.807, 2.05) is 0 Å². The molecule has 112 valence electrons. The van der Waals surface area contributed by atoms with Crippen LogP contribution in [0, 0.1) is 17.8 Å². The monoisotopic (exact) mass is 276 g/mol. The van der Waals surface area contributed by atoms with Crippen LogP contribution in [0.25, 0.3) is 0 Å². The fourth-order valence-electron chi connectivity index (χ4n) is 2.58. The third-order valence-electron chi connectivity index (χ3n) is 4.22. The highest BCUT2D eigenvalue weighted by molar-refractivity contribution is 5.38. The fraction of sp³-hybridized carbons (Fsp3) is 0.750. The maximum atomic E-state index is 4.40. The van der Waals surface area contributed by atoms with Crippen LogP contribution in [-0.4, -0.2) is 29.8 Å². The maximum Gasteiger partial charge on any atom is 0.151 e. The molecular weight excluding hydrogens is 248 g/mol. The number of nitrogens with one attached hydrogen (secondary N) is 1. The molecule has 1 aromatic heterocycles. The van der Waals surface area contributed by atoms with Crippen molar-refractivity contribution in [3.05, 3.63) is 17.8 Å². The van der Waals surface area contributed by atoms with E-state index in [0.717, 1.165) is 49.5 Å². The minimum absolute atomic E-state index is 0.666. The molecule has 0 saturated carbocycles. The van der Waals surface area contributed by atoms with E-state index in [9.17, 15) is 0 Å². The van der Waals surface area contributed by atoms with Gasteiger partial charge in [-0.05, 0) is 42.9 Å². The number of aromatic nitrogens is 2. The summed E-state index contributed by atoms with van der Waals surface area (Å²) in [5.74, 6) is 3.24. The number of anilines is 1. The Labute approximate surface area is 123 Å². The molecule has 1 aliphatic rings. The Morgan fingerprint density at radius 3 is 2.65 bits per heavy atom. The lowest BCUT2D eigenvalue weighted by Crippen LogP contribution is -2.39. The van der Waals surface area contributed by atoms with Gasteiger partial charge in [0.2, 0.25) is 0 Å². The van der Waals surface area contributed by atoms with E-state index < -0.39 is 0 Å². The molecule has 0 spiro atoms. The van der Waals surface area contributed by atoms with E-state index in [0.29, 0.717) is 5.92 Å². The van der Waals surface area contributed by atoms with Crippen LogP contribution in [0.5, 0.6) is 0 Å². The highest BCUT2D eigenvalue weighted by atomic mass is 15.3. The zero-order valence-electron chi connectivity index (χ0n) is 13.3. The summed E-state index contributed by atoms with van der Waals surface area (Å²) in [6, 6.07) is 4.21. The van der Waals surface area contributed by atoms with Gasteiger partial charge < -0.3 is 10.2 Å². The number of hydrogen-bond acceptors (Lipinski definition) is 4. The van der Waals surface area contributed by atoms with E-state index in [1.54, 1.807) is 0 Å². The third kappa shape index (κ3) is 4.17. The van der Waals surface area contributed by atoms with Gasteiger partial charge in [0, 0.05) is 19.6 Å². The Balaban J connectivity index is 1.88. The molecule has 1 saturated heterocycles. The number of rotatable bonds is 5. The van der Waals surface area contributed by atoms with Crippen molar-refractivity contribution >= 4 is 5.82 Å². The summed E-state index contributed by atoms with van der Waals surface area (Å²) in [6.07, 6.45) is 1.25. The second-order valence-corrected chi connectivity index (χ2v) is 6.60. The maximum absolute atomic E-state index is 4.40. The van der Waals surface area contributed by atoms with E-state index in [4.69, 9.17) is 0 Å². The van der Waals surface area contributed by atoms with E-state index in [2.05, 4.69) is 60.2 Å². The van der Waals surface area contributed by atoms with Gasteiger partial charge in [-0.1, -0.05) is 27.7 Å². The first-order valence-electron chi connectivity index (χ1n) is 7.84. The molecule has 1 N–H and O–H groups in total. The van der Waals surface area contributed by atoms with E-state index in [-0.39, 0.29) is 0 Å². The summed E-state index contributed by atoms with van der Waals surface area (Å²) in [5.41, 5.74) is 1.02. The second kappa shape index (κ2) is 7.02. The van der Waals surface area contributed by atoms with Crippen molar-refractivity contribution in [1.82, 2.24) is 15.5 Å². The molecule has 2 heterocycles. The van der Waals surface area contributed by atoms with Crippen LogP contribution in [0.3, 0.4) is 0 Å². The van der Waals surface area contributed by atoms with Gasteiger partial charge in [0.1, 0.15) is 0 Å². The molecule has 1 fully saturated rings. The third-order valence-corrected chi connectivity index (χ3v) is 4.22. The van der Waals surface area contributed by atoms with E-state index in [1.165, 1.54) is 6.42 Å². The molecule has 0 radical (unpaired) electrons. The van der Waals surface area contributed by atoms with Crippen LogP contribution in [0.1, 0.15) is 39.8 Å². The van der Waals surface area contributed by atoms with Gasteiger partial charge in [-0.3, -0.25) is 0 Å². The topological polar surface area (TPSA) is 41.0 Å². The highest BCUT2D eigenvalue weighted by Crippen LogP contribution is 2.25. The molecule has 2 unspecified atom stereocenters. The molecule has 20 heavy (non-hydrogen) atoms. The number of hydrogen-bond donors (Lipinski definition) is 1. The fourth-order valence-corrected chi connectivity index (χ4v) is 2.58. The molecule has 0 bridgehead atoms. The molecule has 0 amide bonds. The summed E-state index contributed by atoms with van der Waals surface area (Å²) in [4.78, 5) is 2.36. The summed E-state index contributed by atoms with van der Waals surface area (Å²) >= 11 is 0. The molecule has 4 heteroatoms. The molecule has 1 aliphatic heterocycles. The van der Waals surface area contributed by atoms with Gasteiger partial charge in [0.25, 0.3) is 0 Å². The van der Waals surface area contributed by atoms with Crippen LogP contribution in [-0.2, 0) is 6.54 Å². The van der Waals surface area contributed by atoms with Crippen LogP contribution in [0.15, 0.2) is 12.1 Å². The number of piperidine rings is 1. The first-order chi connectivity index (χ1) is 9.56. The Morgan fingerprint density at radius 2 is 2.05 bits per heavy atom. The minimum atomic E-state index is 0.666. The van der Waals surface area contributed by atoms with Crippen molar-refractivity contribution < 1.29 is 0 Å². The first kappa shape index (κ1) is 15.2. The molecule has 4 nitrogen and oxygen atoms in total. The van der Waals surface area contributed by atoms with Crippen molar-refractivity contribution in [2.45, 2.75) is 40.7 Å². The molecular formula is C16H28N4. The van der Waals surface area contributed by atoms with Crippen molar-refractivity contribution in [3.8, 4) is 0 Å². The Morgan fingerprint density at radius 1 is 1.25 bits per heavy atom. The van der Waals surface area contributed by atoms with Gasteiger partial charge in [0.15, 0.2) is 5.82 Å². The predicted molar refractivity (Wildman–Crippen MR) is 83.7 cm³/mol. The normalized spacial score (nSPS) is 23.4. The highest BCUT2D eigenvalue weighted by Gasteiger charge is 2.23.